The van der Waals surface area contributed by atoms with Crippen molar-refractivity contribution >= 4 is 17.1 Å². The summed E-state index contributed by atoms with van der Waals surface area (Å²) < 4.78 is 4.76. The van der Waals surface area contributed by atoms with Crippen LogP contribution < -0.4 is 0 Å². The minimum atomic E-state index is -0.369. The van der Waals surface area contributed by atoms with Crippen LogP contribution in [0.5, 0.6) is 0 Å². The number of carbonyl (C=O) groups excluding carboxylic acids is 1. The molecule has 0 saturated heterocycles. The zero-order valence-electron chi connectivity index (χ0n) is 14.1. The van der Waals surface area contributed by atoms with Gasteiger partial charge in [0.1, 0.15) is 5.52 Å². The second-order valence-electron chi connectivity index (χ2n) is 5.70. The summed E-state index contributed by atoms with van der Waals surface area (Å²) in [7, 11) is 1.37. The molecule has 0 aliphatic carbocycles. The lowest BCUT2D eigenvalue weighted by atomic mass is 10.0. The van der Waals surface area contributed by atoms with Gasteiger partial charge in [0.25, 0.3) is 0 Å². The van der Waals surface area contributed by atoms with E-state index in [2.05, 4.69) is 4.98 Å². The molecule has 0 bridgehead atoms. The summed E-state index contributed by atoms with van der Waals surface area (Å²) in [5.41, 5.74) is 5.13. The SMILES string of the molecule is COC(=O)c1ccc(-c2nc3ncccc3nc2-c2ccccc2)cc1. The fourth-order valence-electron chi connectivity index (χ4n) is 2.77. The maximum Gasteiger partial charge on any atom is 0.337 e. The Morgan fingerprint density at radius 3 is 2.23 bits per heavy atom. The maximum absolute atomic E-state index is 11.7. The Hall–Kier alpha value is -3.60. The first-order valence-corrected chi connectivity index (χ1v) is 8.13. The first-order chi connectivity index (χ1) is 12.8. The molecule has 126 valence electrons. The van der Waals surface area contributed by atoms with Gasteiger partial charge in [-0.15, -0.1) is 0 Å². The van der Waals surface area contributed by atoms with E-state index in [9.17, 15) is 4.79 Å². The number of nitrogens with zero attached hydrogens (tertiary/aromatic N) is 3. The van der Waals surface area contributed by atoms with Crippen LogP contribution in [0.1, 0.15) is 10.4 Å². The van der Waals surface area contributed by atoms with Crippen molar-refractivity contribution in [3.05, 3.63) is 78.5 Å². The Kier molecular flexibility index (Phi) is 4.11. The van der Waals surface area contributed by atoms with E-state index in [4.69, 9.17) is 14.7 Å². The molecule has 0 unspecified atom stereocenters. The molecule has 4 rings (SSSR count). The third-order valence-electron chi connectivity index (χ3n) is 4.07. The standard InChI is InChI=1S/C21H15N3O2/c1-26-21(25)16-11-9-15(10-12-16)19-18(14-6-3-2-4-7-14)23-17-8-5-13-22-20(17)24-19/h2-13H,1H3. The predicted octanol–water partition coefficient (Wildman–Crippen LogP) is 4.15. The van der Waals surface area contributed by atoms with E-state index in [1.807, 2.05) is 54.6 Å². The van der Waals surface area contributed by atoms with Crippen LogP contribution in [0.15, 0.2) is 72.9 Å². The molecular weight excluding hydrogens is 326 g/mol. The van der Waals surface area contributed by atoms with E-state index >= 15 is 0 Å². The van der Waals surface area contributed by atoms with Gasteiger partial charge in [-0.05, 0) is 24.3 Å². The van der Waals surface area contributed by atoms with Crippen molar-refractivity contribution < 1.29 is 9.53 Å². The van der Waals surface area contributed by atoms with Gasteiger partial charge in [0.05, 0.1) is 24.1 Å². The van der Waals surface area contributed by atoms with E-state index in [-0.39, 0.29) is 5.97 Å². The molecule has 0 aliphatic heterocycles. The highest BCUT2D eigenvalue weighted by atomic mass is 16.5. The molecule has 4 aromatic rings. The largest absolute Gasteiger partial charge is 0.465 e. The normalized spacial score (nSPS) is 10.7. The molecular formula is C21H15N3O2. The number of benzene rings is 2. The van der Waals surface area contributed by atoms with Crippen molar-refractivity contribution in [1.29, 1.82) is 0 Å². The maximum atomic E-state index is 11.7. The van der Waals surface area contributed by atoms with Crippen molar-refractivity contribution in [1.82, 2.24) is 15.0 Å². The highest BCUT2D eigenvalue weighted by Gasteiger charge is 2.14. The third-order valence-corrected chi connectivity index (χ3v) is 4.07. The first-order valence-electron chi connectivity index (χ1n) is 8.13. The fraction of sp³-hybridized carbons (Fsp3) is 0.0476. The van der Waals surface area contributed by atoms with Crippen LogP contribution in [-0.4, -0.2) is 28.0 Å². The first kappa shape index (κ1) is 15.9. The summed E-state index contributed by atoms with van der Waals surface area (Å²) in [4.78, 5) is 25.5. The average Bonchev–Trinajstić information content (AvgIpc) is 2.73. The van der Waals surface area contributed by atoms with Crippen LogP contribution in [0, 0.1) is 0 Å². The van der Waals surface area contributed by atoms with E-state index in [1.54, 1.807) is 18.3 Å². The van der Waals surface area contributed by atoms with Crippen LogP contribution in [0.4, 0.5) is 0 Å². The van der Waals surface area contributed by atoms with Crippen LogP contribution in [0.2, 0.25) is 0 Å². The topological polar surface area (TPSA) is 65.0 Å². The zero-order chi connectivity index (χ0) is 17.9. The monoisotopic (exact) mass is 341 g/mol. The molecule has 0 atom stereocenters. The van der Waals surface area contributed by atoms with Gasteiger partial charge in [0.15, 0.2) is 5.65 Å². The summed E-state index contributed by atoms with van der Waals surface area (Å²) >= 11 is 0. The summed E-state index contributed by atoms with van der Waals surface area (Å²) in [6.07, 6.45) is 1.70. The zero-order valence-corrected chi connectivity index (χ0v) is 14.1. The number of carbonyl (C=O) groups is 1. The highest BCUT2D eigenvalue weighted by Crippen LogP contribution is 2.30. The number of rotatable bonds is 3. The Morgan fingerprint density at radius 1 is 0.808 bits per heavy atom. The molecule has 0 radical (unpaired) electrons. The molecule has 0 spiro atoms. The Morgan fingerprint density at radius 2 is 1.50 bits per heavy atom. The minimum Gasteiger partial charge on any atom is -0.465 e. The molecule has 0 aliphatic rings. The van der Waals surface area contributed by atoms with Crippen molar-refractivity contribution in [3.63, 3.8) is 0 Å². The number of pyridine rings is 1. The number of hydrogen-bond donors (Lipinski definition) is 0. The van der Waals surface area contributed by atoms with E-state index in [0.717, 1.165) is 28.0 Å². The van der Waals surface area contributed by atoms with Gasteiger partial charge in [-0.2, -0.15) is 0 Å². The summed E-state index contributed by atoms with van der Waals surface area (Å²) in [5.74, 6) is -0.369. The molecule has 2 aromatic heterocycles. The Labute approximate surface area is 150 Å². The number of aromatic nitrogens is 3. The van der Waals surface area contributed by atoms with Crippen LogP contribution in [0.3, 0.4) is 0 Å². The molecule has 26 heavy (non-hydrogen) atoms. The number of methoxy groups -OCH3 is 1. The second kappa shape index (κ2) is 6.72. The quantitative estimate of drug-likeness (QED) is 0.524. The van der Waals surface area contributed by atoms with Crippen LogP contribution >= 0.6 is 0 Å². The predicted molar refractivity (Wildman–Crippen MR) is 99.5 cm³/mol. The van der Waals surface area contributed by atoms with Gasteiger partial charge in [-0.3, -0.25) is 0 Å². The van der Waals surface area contributed by atoms with E-state index in [0.29, 0.717) is 11.2 Å². The molecule has 0 amide bonds. The molecule has 5 nitrogen and oxygen atoms in total. The Bertz CT molecular complexity index is 1080. The van der Waals surface area contributed by atoms with Crippen LogP contribution in [0.25, 0.3) is 33.7 Å². The van der Waals surface area contributed by atoms with Gasteiger partial charge < -0.3 is 4.74 Å². The second-order valence-corrected chi connectivity index (χ2v) is 5.70. The summed E-state index contributed by atoms with van der Waals surface area (Å²) in [5, 5.41) is 0. The summed E-state index contributed by atoms with van der Waals surface area (Å²) in [6, 6.07) is 20.8. The van der Waals surface area contributed by atoms with Gasteiger partial charge in [0.2, 0.25) is 0 Å². The lowest BCUT2D eigenvalue weighted by Gasteiger charge is -2.10. The van der Waals surface area contributed by atoms with Gasteiger partial charge in [-0.25, -0.2) is 19.7 Å². The molecule has 2 heterocycles. The van der Waals surface area contributed by atoms with Crippen molar-refractivity contribution in [2.75, 3.05) is 7.11 Å². The van der Waals surface area contributed by atoms with Crippen molar-refractivity contribution in [2.45, 2.75) is 0 Å². The smallest absolute Gasteiger partial charge is 0.337 e. The number of ether oxygens (including phenoxy) is 1. The van der Waals surface area contributed by atoms with Gasteiger partial charge in [0, 0.05) is 17.3 Å². The molecule has 0 fully saturated rings. The number of fused-ring (bicyclic) bond motifs is 1. The van der Waals surface area contributed by atoms with Gasteiger partial charge in [-0.1, -0.05) is 42.5 Å². The van der Waals surface area contributed by atoms with Crippen LogP contribution in [-0.2, 0) is 4.74 Å². The minimum absolute atomic E-state index is 0.369. The molecule has 0 saturated carbocycles. The number of esters is 1. The number of hydrogen-bond acceptors (Lipinski definition) is 5. The lowest BCUT2D eigenvalue weighted by Crippen LogP contribution is -2.01. The highest BCUT2D eigenvalue weighted by molar-refractivity contribution is 5.91. The third kappa shape index (κ3) is 2.91. The van der Waals surface area contributed by atoms with E-state index < -0.39 is 0 Å². The molecule has 0 N–H and O–H groups in total. The van der Waals surface area contributed by atoms with Crippen molar-refractivity contribution in [3.8, 4) is 22.5 Å². The van der Waals surface area contributed by atoms with Gasteiger partial charge >= 0.3 is 5.97 Å². The molecule has 2 aromatic carbocycles. The summed E-state index contributed by atoms with van der Waals surface area (Å²) in [6.45, 7) is 0. The Balaban J connectivity index is 1.91. The molecule has 5 heteroatoms. The fourth-order valence-corrected chi connectivity index (χ4v) is 2.77. The average molecular weight is 341 g/mol. The lowest BCUT2D eigenvalue weighted by molar-refractivity contribution is 0.0601. The van der Waals surface area contributed by atoms with Crippen molar-refractivity contribution in [2.24, 2.45) is 0 Å². The van der Waals surface area contributed by atoms with E-state index in [1.165, 1.54) is 7.11 Å².